The van der Waals surface area contributed by atoms with Crippen LogP contribution in [-0.4, -0.2) is 25.8 Å². The molecule has 3 aromatic heterocycles. The van der Waals surface area contributed by atoms with Gasteiger partial charge in [-0.25, -0.2) is 9.07 Å². The van der Waals surface area contributed by atoms with Crippen molar-refractivity contribution in [3.05, 3.63) is 78.7 Å². The summed E-state index contributed by atoms with van der Waals surface area (Å²) in [4.78, 5) is 16.6. The van der Waals surface area contributed by atoms with Gasteiger partial charge in [-0.1, -0.05) is 17.3 Å². The van der Waals surface area contributed by atoms with Crippen LogP contribution >= 0.6 is 0 Å². The molecule has 4 rings (SSSR count). The number of hydrogen-bond donors (Lipinski definition) is 1. The van der Waals surface area contributed by atoms with Gasteiger partial charge in [0.15, 0.2) is 0 Å². The molecule has 1 N–H and O–H groups in total. The minimum Gasteiger partial charge on any atom is -0.350 e. The highest BCUT2D eigenvalue weighted by Crippen LogP contribution is 2.24. The van der Waals surface area contributed by atoms with E-state index in [9.17, 15) is 9.18 Å². The number of aromatic nitrogens is 4. The molecule has 0 atom stereocenters. The second-order valence-electron chi connectivity index (χ2n) is 5.33. The highest BCUT2D eigenvalue weighted by molar-refractivity contribution is 6.03. The number of carbonyl (C=O) groups excluding carboxylic acids is 1. The SMILES string of the molecule is O=C(Nc1c(F)cccc1-n1cccn1)c1cc(-c2ccccn2)no1. The summed E-state index contributed by atoms with van der Waals surface area (Å²) in [6, 6.07) is 12.9. The Morgan fingerprint density at radius 2 is 2.00 bits per heavy atom. The van der Waals surface area contributed by atoms with Crippen LogP contribution in [0, 0.1) is 5.82 Å². The van der Waals surface area contributed by atoms with E-state index in [4.69, 9.17) is 4.52 Å². The lowest BCUT2D eigenvalue weighted by atomic mass is 10.2. The molecule has 1 amide bonds. The van der Waals surface area contributed by atoms with Crippen molar-refractivity contribution in [2.24, 2.45) is 0 Å². The monoisotopic (exact) mass is 349 g/mol. The van der Waals surface area contributed by atoms with E-state index in [0.717, 1.165) is 0 Å². The Balaban J connectivity index is 1.63. The Morgan fingerprint density at radius 3 is 2.77 bits per heavy atom. The largest absolute Gasteiger partial charge is 0.350 e. The van der Waals surface area contributed by atoms with Crippen molar-refractivity contribution in [3.8, 4) is 17.1 Å². The number of nitrogens with zero attached hydrogens (tertiary/aromatic N) is 4. The first kappa shape index (κ1) is 15.7. The molecule has 0 aliphatic rings. The van der Waals surface area contributed by atoms with Crippen LogP contribution in [0.4, 0.5) is 10.1 Å². The van der Waals surface area contributed by atoms with Crippen LogP contribution in [0.15, 0.2) is 71.6 Å². The zero-order valence-electron chi connectivity index (χ0n) is 13.3. The van der Waals surface area contributed by atoms with E-state index in [0.29, 0.717) is 17.1 Å². The maximum atomic E-state index is 14.3. The molecule has 0 aliphatic heterocycles. The number of para-hydroxylation sites is 1. The van der Waals surface area contributed by atoms with Gasteiger partial charge < -0.3 is 9.84 Å². The molecule has 0 aliphatic carbocycles. The molecule has 0 unspecified atom stereocenters. The summed E-state index contributed by atoms with van der Waals surface area (Å²) in [5, 5.41) is 10.4. The number of rotatable bonds is 4. The summed E-state index contributed by atoms with van der Waals surface area (Å²) >= 11 is 0. The maximum absolute atomic E-state index is 14.3. The minimum absolute atomic E-state index is 0.00279. The predicted molar refractivity (Wildman–Crippen MR) is 91.2 cm³/mol. The normalized spacial score (nSPS) is 10.7. The molecule has 0 fully saturated rings. The zero-order chi connectivity index (χ0) is 17.9. The van der Waals surface area contributed by atoms with Crippen molar-refractivity contribution in [2.45, 2.75) is 0 Å². The van der Waals surface area contributed by atoms with Gasteiger partial charge in [-0.05, 0) is 30.3 Å². The Hall–Kier alpha value is -3.81. The number of benzene rings is 1. The van der Waals surface area contributed by atoms with Gasteiger partial charge in [-0.3, -0.25) is 9.78 Å². The van der Waals surface area contributed by atoms with Gasteiger partial charge in [0.1, 0.15) is 17.2 Å². The molecule has 0 saturated carbocycles. The van der Waals surface area contributed by atoms with Crippen LogP contribution < -0.4 is 5.32 Å². The van der Waals surface area contributed by atoms with Gasteiger partial charge in [0, 0.05) is 24.7 Å². The summed E-state index contributed by atoms with van der Waals surface area (Å²) in [6.07, 6.45) is 4.82. The second kappa shape index (κ2) is 6.60. The number of pyridine rings is 1. The van der Waals surface area contributed by atoms with Crippen LogP contribution in [0.25, 0.3) is 17.1 Å². The minimum atomic E-state index is -0.627. The number of amides is 1. The lowest BCUT2D eigenvalue weighted by molar-refractivity contribution is 0.0987. The zero-order valence-corrected chi connectivity index (χ0v) is 13.3. The van der Waals surface area contributed by atoms with Crippen molar-refractivity contribution in [2.75, 3.05) is 5.32 Å². The molecule has 4 aromatic rings. The van der Waals surface area contributed by atoms with E-state index in [1.54, 1.807) is 48.9 Å². The fourth-order valence-electron chi connectivity index (χ4n) is 2.43. The lowest BCUT2D eigenvalue weighted by Crippen LogP contribution is -2.14. The molecule has 0 spiro atoms. The maximum Gasteiger partial charge on any atom is 0.294 e. The summed E-state index contributed by atoms with van der Waals surface area (Å²) in [5.74, 6) is -1.27. The van der Waals surface area contributed by atoms with Gasteiger partial charge in [0.25, 0.3) is 5.91 Å². The average Bonchev–Trinajstić information content (AvgIpc) is 3.36. The fraction of sp³-hybridized carbons (Fsp3) is 0. The molecule has 0 bridgehead atoms. The first-order valence-electron chi connectivity index (χ1n) is 7.70. The number of nitrogens with one attached hydrogen (secondary N) is 1. The van der Waals surface area contributed by atoms with Crippen LogP contribution in [0.2, 0.25) is 0 Å². The third kappa shape index (κ3) is 2.95. The average molecular weight is 349 g/mol. The summed E-state index contributed by atoms with van der Waals surface area (Å²) in [5.41, 5.74) is 1.37. The molecule has 7 nitrogen and oxygen atoms in total. The summed E-state index contributed by atoms with van der Waals surface area (Å²) < 4.78 is 20.8. The molecule has 26 heavy (non-hydrogen) atoms. The fourth-order valence-corrected chi connectivity index (χ4v) is 2.43. The number of hydrogen-bond acceptors (Lipinski definition) is 5. The third-order valence-corrected chi connectivity index (χ3v) is 3.64. The van der Waals surface area contributed by atoms with Crippen molar-refractivity contribution in [1.82, 2.24) is 19.9 Å². The second-order valence-corrected chi connectivity index (χ2v) is 5.33. The van der Waals surface area contributed by atoms with E-state index < -0.39 is 11.7 Å². The molecule has 8 heteroatoms. The highest BCUT2D eigenvalue weighted by atomic mass is 19.1. The Bertz CT molecular complexity index is 1040. The van der Waals surface area contributed by atoms with Gasteiger partial charge in [0.05, 0.1) is 11.4 Å². The van der Waals surface area contributed by atoms with E-state index >= 15 is 0 Å². The highest BCUT2D eigenvalue weighted by Gasteiger charge is 2.19. The smallest absolute Gasteiger partial charge is 0.294 e. The van der Waals surface area contributed by atoms with Crippen LogP contribution in [-0.2, 0) is 0 Å². The van der Waals surface area contributed by atoms with Crippen LogP contribution in [0.5, 0.6) is 0 Å². The van der Waals surface area contributed by atoms with Gasteiger partial charge >= 0.3 is 0 Å². The first-order chi connectivity index (χ1) is 12.7. The number of anilines is 1. The molecule has 3 heterocycles. The number of carbonyl (C=O) groups is 1. The van der Waals surface area contributed by atoms with Crippen LogP contribution in [0.3, 0.4) is 0 Å². The van der Waals surface area contributed by atoms with Gasteiger partial charge in [-0.15, -0.1) is 0 Å². The van der Waals surface area contributed by atoms with Crippen molar-refractivity contribution >= 4 is 11.6 Å². The topological polar surface area (TPSA) is 85.8 Å². The van der Waals surface area contributed by atoms with Crippen molar-refractivity contribution in [3.63, 3.8) is 0 Å². The van der Waals surface area contributed by atoms with E-state index in [1.807, 2.05) is 0 Å². The van der Waals surface area contributed by atoms with Crippen molar-refractivity contribution in [1.29, 1.82) is 0 Å². The third-order valence-electron chi connectivity index (χ3n) is 3.64. The Kier molecular flexibility index (Phi) is 3.98. The van der Waals surface area contributed by atoms with E-state index in [-0.39, 0.29) is 11.4 Å². The van der Waals surface area contributed by atoms with Crippen LogP contribution in [0.1, 0.15) is 10.6 Å². The molecule has 1 aromatic carbocycles. The van der Waals surface area contributed by atoms with E-state index in [1.165, 1.54) is 22.9 Å². The summed E-state index contributed by atoms with van der Waals surface area (Å²) in [6.45, 7) is 0. The quantitative estimate of drug-likeness (QED) is 0.611. The standard InChI is InChI=1S/C18H12FN5O2/c19-12-5-3-7-15(24-10-4-9-21-24)17(12)22-18(25)16-11-14(23-26-16)13-6-1-2-8-20-13/h1-11H,(H,22,25). The van der Waals surface area contributed by atoms with Gasteiger partial charge in [-0.2, -0.15) is 5.10 Å². The molecule has 0 saturated heterocycles. The van der Waals surface area contributed by atoms with E-state index in [2.05, 4.69) is 20.6 Å². The Morgan fingerprint density at radius 1 is 1.08 bits per heavy atom. The summed E-state index contributed by atoms with van der Waals surface area (Å²) in [7, 11) is 0. The molecular weight excluding hydrogens is 337 g/mol. The van der Waals surface area contributed by atoms with Gasteiger partial charge in [0.2, 0.25) is 5.76 Å². The lowest BCUT2D eigenvalue weighted by Gasteiger charge is -2.11. The number of halogens is 1. The molecule has 128 valence electrons. The molecular formula is C18H12FN5O2. The predicted octanol–water partition coefficient (Wildman–Crippen LogP) is 3.31. The Labute approximate surface area is 147 Å². The molecule has 0 radical (unpaired) electrons. The first-order valence-corrected chi connectivity index (χ1v) is 7.70. The van der Waals surface area contributed by atoms with Crippen molar-refractivity contribution < 1.29 is 13.7 Å².